The van der Waals surface area contributed by atoms with Crippen LogP contribution in [0, 0.1) is 22.7 Å². The molecule has 49 heavy (non-hydrogen) atoms. The minimum absolute atomic E-state index is 0.325. The van der Waals surface area contributed by atoms with E-state index >= 15 is 0 Å². The van der Waals surface area contributed by atoms with Gasteiger partial charge in [0.1, 0.15) is 17.7 Å². The average molecular weight is 625 g/mol. The SMILES string of the molecule is N#Cc1cc(-c2ccc(-n3c4ccccc4c4ccccc43)cc2)c(-n2c3ccccc3c3ccc4c5ccccc5oc4c32)cc1C#N. The largest absolute Gasteiger partial charge is 0.454 e. The standard InChI is InChI=1S/C44H24N4O/c45-25-28-23-37(27-17-19-30(20-18-27)47-38-13-5-1-9-31(38)32-10-2-6-14-39(32)47)41(24-29(28)26-46)48-40-15-7-3-11-33(40)35-21-22-36-34-12-4-8-16-42(34)49-44(36)43(35)48/h1-24H. The van der Waals surface area contributed by atoms with Crippen molar-refractivity contribution in [1.82, 2.24) is 9.13 Å². The lowest BCUT2D eigenvalue weighted by atomic mass is 9.97. The molecular weight excluding hydrogens is 601 g/mol. The Bertz CT molecular complexity index is 3020. The van der Waals surface area contributed by atoms with Crippen LogP contribution >= 0.6 is 0 Å². The van der Waals surface area contributed by atoms with Crippen molar-refractivity contribution >= 4 is 65.6 Å². The zero-order valence-corrected chi connectivity index (χ0v) is 26.1. The van der Waals surface area contributed by atoms with Crippen molar-refractivity contribution in [2.45, 2.75) is 0 Å². The summed E-state index contributed by atoms with van der Waals surface area (Å²) in [4.78, 5) is 0. The highest BCUT2D eigenvalue weighted by molar-refractivity contribution is 6.21. The van der Waals surface area contributed by atoms with Crippen LogP contribution in [0.5, 0.6) is 0 Å². The van der Waals surface area contributed by atoms with E-state index in [-0.39, 0.29) is 0 Å². The molecule has 0 radical (unpaired) electrons. The van der Waals surface area contributed by atoms with Crippen LogP contribution in [0.1, 0.15) is 11.1 Å². The van der Waals surface area contributed by atoms with Crippen LogP contribution in [0.2, 0.25) is 0 Å². The summed E-state index contributed by atoms with van der Waals surface area (Å²) in [5, 5.41) is 27.0. The monoisotopic (exact) mass is 624 g/mol. The second kappa shape index (κ2) is 10.2. The van der Waals surface area contributed by atoms with E-state index in [2.05, 4.69) is 124 Å². The van der Waals surface area contributed by atoms with Crippen LogP contribution in [0.15, 0.2) is 150 Å². The summed E-state index contributed by atoms with van der Waals surface area (Å²) >= 11 is 0. The molecule has 0 aliphatic rings. The molecule has 0 amide bonds. The van der Waals surface area contributed by atoms with E-state index in [4.69, 9.17) is 4.42 Å². The minimum atomic E-state index is 0.325. The Morgan fingerprint density at radius 2 is 1.00 bits per heavy atom. The molecule has 5 heteroatoms. The van der Waals surface area contributed by atoms with Gasteiger partial charge in [-0.15, -0.1) is 0 Å². The second-order valence-corrected chi connectivity index (χ2v) is 12.3. The molecule has 7 aromatic carbocycles. The summed E-state index contributed by atoms with van der Waals surface area (Å²) in [5.74, 6) is 0. The molecule has 0 atom stereocenters. The van der Waals surface area contributed by atoms with E-state index < -0.39 is 0 Å². The maximum absolute atomic E-state index is 10.2. The summed E-state index contributed by atoms with van der Waals surface area (Å²) in [7, 11) is 0. The molecule has 3 aromatic heterocycles. The number of nitriles is 2. The lowest BCUT2D eigenvalue weighted by Gasteiger charge is -2.16. The van der Waals surface area contributed by atoms with Gasteiger partial charge in [0.15, 0.2) is 5.58 Å². The predicted molar refractivity (Wildman–Crippen MR) is 197 cm³/mol. The van der Waals surface area contributed by atoms with Gasteiger partial charge >= 0.3 is 0 Å². The number of rotatable bonds is 3. The number of fused-ring (bicyclic) bond motifs is 10. The van der Waals surface area contributed by atoms with Gasteiger partial charge in [-0.2, -0.15) is 10.5 Å². The zero-order valence-electron chi connectivity index (χ0n) is 26.1. The first-order valence-corrected chi connectivity index (χ1v) is 16.1. The van der Waals surface area contributed by atoms with Gasteiger partial charge in [-0.3, -0.25) is 0 Å². The summed E-state index contributed by atoms with van der Waals surface area (Å²) in [5.41, 5.74) is 10.1. The van der Waals surface area contributed by atoms with E-state index in [0.717, 1.165) is 77.3 Å². The lowest BCUT2D eigenvalue weighted by molar-refractivity contribution is 0.671. The fourth-order valence-electron chi connectivity index (χ4n) is 7.66. The zero-order chi connectivity index (χ0) is 32.6. The molecule has 10 aromatic rings. The van der Waals surface area contributed by atoms with Gasteiger partial charge in [-0.1, -0.05) is 91.0 Å². The second-order valence-electron chi connectivity index (χ2n) is 12.3. The van der Waals surface area contributed by atoms with Crippen molar-refractivity contribution in [2.24, 2.45) is 0 Å². The van der Waals surface area contributed by atoms with Gasteiger partial charge in [0.25, 0.3) is 0 Å². The van der Waals surface area contributed by atoms with E-state index in [1.165, 1.54) is 10.8 Å². The Kier molecular flexibility index (Phi) is 5.64. The molecule has 0 aliphatic carbocycles. The topological polar surface area (TPSA) is 70.6 Å². The highest BCUT2D eigenvalue weighted by Crippen LogP contribution is 2.43. The van der Waals surface area contributed by atoms with Gasteiger partial charge in [-0.25, -0.2) is 0 Å². The van der Waals surface area contributed by atoms with Gasteiger partial charge in [-0.05, 0) is 60.2 Å². The van der Waals surface area contributed by atoms with Gasteiger partial charge in [0, 0.05) is 43.6 Å². The molecule has 10 rings (SSSR count). The highest BCUT2D eigenvalue weighted by atomic mass is 16.3. The molecule has 0 spiro atoms. The first-order chi connectivity index (χ1) is 24.2. The third kappa shape index (κ3) is 3.79. The highest BCUT2D eigenvalue weighted by Gasteiger charge is 2.22. The van der Waals surface area contributed by atoms with Crippen LogP contribution in [0.25, 0.3) is 88.1 Å². The smallest absolute Gasteiger partial charge is 0.160 e. The maximum atomic E-state index is 10.2. The molecule has 0 fully saturated rings. The van der Waals surface area contributed by atoms with Crippen LogP contribution in [0.4, 0.5) is 0 Å². The molecule has 0 saturated carbocycles. The van der Waals surface area contributed by atoms with Crippen molar-refractivity contribution < 1.29 is 4.42 Å². The van der Waals surface area contributed by atoms with E-state index in [0.29, 0.717) is 11.1 Å². The van der Waals surface area contributed by atoms with Gasteiger partial charge in [0.2, 0.25) is 0 Å². The van der Waals surface area contributed by atoms with Crippen LogP contribution in [0.3, 0.4) is 0 Å². The molecular formula is C44H24N4O. The summed E-state index contributed by atoms with van der Waals surface area (Å²) < 4.78 is 11.1. The van der Waals surface area contributed by atoms with Crippen molar-refractivity contribution in [3.05, 3.63) is 157 Å². The maximum Gasteiger partial charge on any atom is 0.160 e. The van der Waals surface area contributed by atoms with Crippen LogP contribution < -0.4 is 0 Å². The molecule has 0 saturated heterocycles. The molecule has 0 N–H and O–H groups in total. The fraction of sp³-hybridized carbons (Fsp3) is 0. The van der Waals surface area contributed by atoms with E-state index in [9.17, 15) is 10.5 Å². The molecule has 5 nitrogen and oxygen atoms in total. The van der Waals surface area contributed by atoms with Crippen LogP contribution in [-0.4, -0.2) is 9.13 Å². The Hall–Kier alpha value is -7.08. The lowest BCUT2D eigenvalue weighted by Crippen LogP contribution is -2.01. The number of hydrogen-bond donors (Lipinski definition) is 0. The minimum Gasteiger partial charge on any atom is -0.454 e. The Balaban J connectivity index is 1.26. The van der Waals surface area contributed by atoms with Gasteiger partial charge in [0.05, 0.1) is 38.9 Å². The molecule has 3 heterocycles. The molecule has 0 aliphatic heterocycles. The quantitative estimate of drug-likeness (QED) is 0.196. The number of para-hydroxylation sites is 4. The Labute approximate surface area is 280 Å². The average Bonchev–Trinajstić information content (AvgIpc) is 3.82. The molecule has 0 bridgehead atoms. The van der Waals surface area contributed by atoms with Gasteiger partial charge < -0.3 is 13.6 Å². The summed E-state index contributed by atoms with van der Waals surface area (Å²) in [6.07, 6.45) is 0. The van der Waals surface area contributed by atoms with Crippen molar-refractivity contribution in [1.29, 1.82) is 10.5 Å². The Morgan fingerprint density at radius 1 is 0.469 bits per heavy atom. The van der Waals surface area contributed by atoms with Crippen molar-refractivity contribution in [3.63, 3.8) is 0 Å². The third-order valence-corrected chi connectivity index (χ3v) is 9.81. The third-order valence-electron chi connectivity index (χ3n) is 9.81. The first kappa shape index (κ1) is 27.1. The van der Waals surface area contributed by atoms with Crippen molar-refractivity contribution in [3.8, 4) is 34.6 Å². The normalized spacial score (nSPS) is 11.6. The number of furan rings is 1. The molecule has 0 unspecified atom stereocenters. The molecule has 226 valence electrons. The van der Waals surface area contributed by atoms with E-state index in [1.54, 1.807) is 0 Å². The number of nitrogens with zero attached hydrogens (tertiary/aromatic N) is 4. The van der Waals surface area contributed by atoms with Crippen molar-refractivity contribution in [2.75, 3.05) is 0 Å². The number of hydrogen-bond acceptors (Lipinski definition) is 3. The first-order valence-electron chi connectivity index (χ1n) is 16.1. The Morgan fingerprint density at radius 3 is 1.65 bits per heavy atom. The van der Waals surface area contributed by atoms with E-state index in [1.807, 2.05) is 42.5 Å². The van der Waals surface area contributed by atoms with Crippen LogP contribution in [-0.2, 0) is 0 Å². The fourth-order valence-corrected chi connectivity index (χ4v) is 7.66. The summed E-state index contributed by atoms with van der Waals surface area (Å²) in [6, 6.07) is 54.3. The summed E-state index contributed by atoms with van der Waals surface area (Å²) in [6.45, 7) is 0. The predicted octanol–water partition coefficient (Wildman–Crippen LogP) is 11.2. The number of aromatic nitrogens is 2. The number of benzene rings is 7.